The van der Waals surface area contributed by atoms with Crippen LogP contribution in [0.25, 0.3) is 0 Å². The van der Waals surface area contributed by atoms with Gasteiger partial charge in [-0.3, -0.25) is 4.79 Å². The minimum absolute atomic E-state index is 0.0642. The van der Waals surface area contributed by atoms with Gasteiger partial charge in [0.1, 0.15) is 0 Å². The molecule has 96 valence electrons. The molecule has 3 nitrogen and oxygen atoms in total. The number of carbonyl (C=O) groups excluding carboxylic acids is 1. The minimum Gasteiger partial charge on any atom is -0.334 e. The lowest BCUT2D eigenvalue weighted by Crippen LogP contribution is -2.43. The zero-order valence-corrected chi connectivity index (χ0v) is 10.6. The molecule has 1 aromatic rings. The summed E-state index contributed by atoms with van der Waals surface area (Å²) in [5, 5.41) is 3.31. The van der Waals surface area contributed by atoms with Crippen LogP contribution in [0.15, 0.2) is 30.3 Å². The standard InChI is InChI=1S/C15H20N2O/c18-15(13-8-4-10-16-13)17-11-5-9-14(17)12-6-2-1-3-7-12/h1-3,6-7,13-14,16H,4-5,8-11H2/t13-,14?/m1/s1. The average molecular weight is 244 g/mol. The van der Waals surface area contributed by atoms with Crippen molar-refractivity contribution in [2.45, 2.75) is 37.8 Å². The molecular formula is C15H20N2O. The van der Waals surface area contributed by atoms with Gasteiger partial charge in [0.2, 0.25) is 5.91 Å². The normalized spacial score (nSPS) is 27.7. The molecule has 0 radical (unpaired) electrons. The Morgan fingerprint density at radius 1 is 1.17 bits per heavy atom. The van der Waals surface area contributed by atoms with Gasteiger partial charge in [-0.25, -0.2) is 0 Å². The molecule has 1 unspecified atom stereocenters. The van der Waals surface area contributed by atoms with Crippen LogP contribution in [0.3, 0.4) is 0 Å². The fraction of sp³-hybridized carbons (Fsp3) is 0.533. The topological polar surface area (TPSA) is 32.3 Å². The maximum Gasteiger partial charge on any atom is 0.240 e. The van der Waals surface area contributed by atoms with Crippen molar-refractivity contribution in [2.24, 2.45) is 0 Å². The van der Waals surface area contributed by atoms with Crippen molar-refractivity contribution in [3.8, 4) is 0 Å². The summed E-state index contributed by atoms with van der Waals surface area (Å²) in [7, 11) is 0. The third-order valence-corrected chi connectivity index (χ3v) is 4.08. The van der Waals surface area contributed by atoms with Crippen molar-refractivity contribution in [3.05, 3.63) is 35.9 Å². The van der Waals surface area contributed by atoms with Crippen LogP contribution >= 0.6 is 0 Å². The number of amides is 1. The number of benzene rings is 1. The molecule has 2 aliphatic heterocycles. The maximum atomic E-state index is 12.5. The van der Waals surface area contributed by atoms with E-state index in [9.17, 15) is 4.79 Å². The van der Waals surface area contributed by atoms with E-state index in [-0.39, 0.29) is 6.04 Å². The highest BCUT2D eigenvalue weighted by Gasteiger charge is 2.34. The summed E-state index contributed by atoms with van der Waals surface area (Å²) in [5.41, 5.74) is 1.28. The van der Waals surface area contributed by atoms with E-state index in [0.29, 0.717) is 11.9 Å². The first kappa shape index (κ1) is 11.7. The molecule has 3 rings (SSSR count). The van der Waals surface area contributed by atoms with Gasteiger partial charge in [-0.15, -0.1) is 0 Å². The Kier molecular flexibility index (Phi) is 3.33. The smallest absolute Gasteiger partial charge is 0.240 e. The van der Waals surface area contributed by atoms with Crippen LogP contribution in [0, 0.1) is 0 Å². The second-order valence-corrected chi connectivity index (χ2v) is 5.25. The third-order valence-electron chi connectivity index (χ3n) is 4.08. The number of hydrogen-bond donors (Lipinski definition) is 1. The lowest BCUT2D eigenvalue weighted by Gasteiger charge is -2.27. The Labute approximate surface area is 108 Å². The van der Waals surface area contributed by atoms with Gasteiger partial charge < -0.3 is 10.2 Å². The molecule has 0 spiro atoms. The zero-order chi connectivity index (χ0) is 12.4. The molecule has 0 bridgehead atoms. The molecular weight excluding hydrogens is 224 g/mol. The fourth-order valence-corrected chi connectivity index (χ4v) is 3.15. The van der Waals surface area contributed by atoms with E-state index in [1.807, 2.05) is 6.07 Å². The molecule has 18 heavy (non-hydrogen) atoms. The molecule has 0 aliphatic carbocycles. The number of nitrogens with zero attached hydrogens (tertiary/aromatic N) is 1. The molecule has 2 fully saturated rings. The summed E-state index contributed by atoms with van der Waals surface area (Å²) in [6.45, 7) is 1.90. The summed E-state index contributed by atoms with van der Waals surface area (Å²) in [6.07, 6.45) is 4.34. The predicted octanol–water partition coefficient (Wildman–Crippen LogP) is 2.10. The zero-order valence-electron chi connectivity index (χ0n) is 10.6. The highest BCUT2D eigenvalue weighted by atomic mass is 16.2. The average Bonchev–Trinajstić information content (AvgIpc) is 3.10. The molecule has 1 aromatic carbocycles. The Bertz CT molecular complexity index is 412. The van der Waals surface area contributed by atoms with E-state index < -0.39 is 0 Å². The molecule has 2 saturated heterocycles. The monoisotopic (exact) mass is 244 g/mol. The van der Waals surface area contributed by atoms with E-state index in [4.69, 9.17) is 0 Å². The fourth-order valence-electron chi connectivity index (χ4n) is 3.15. The first-order valence-electron chi connectivity index (χ1n) is 6.95. The van der Waals surface area contributed by atoms with E-state index in [1.54, 1.807) is 0 Å². The number of carbonyl (C=O) groups is 1. The molecule has 1 amide bonds. The van der Waals surface area contributed by atoms with Gasteiger partial charge in [-0.1, -0.05) is 30.3 Å². The Balaban J connectivity index is 1.77. The predicted molar refractivity (Wildman–Crippen MR) is 71.2 cm³/mol. The van der Waals surface area contributed by atoms with Gasteiger partial charge in [0.25, 0.3) is 0 Å². The van der Waals surface area contributed by atoms with Crippen LogP contribution in [0.1, 0.15) is 37.3 Å². The molecule has 0 aromatic heterocycles. The summed E-state index contributed by atoms with van der Waals surface area (Å²) < 4.78 is 0. The summed E-state index contributed by atoms with van der Waals surface area (Å²) >= 11 is 0. The second-order valence-electron chi connectivity index (χ2n) is 5.25. The lowest BCUT2D eigenvalue weighted by atomic mass is 10.0. The van der Waals surface area contributed by atoms with Crippen LogP contribution in [-0.4, -0.2) is 29.9 Å². The highest BCUT2D eigenvalue weighted by molar-refractivity contribution is 5.83. The van der Waals surface area contributed by atoms with E-state index in [1.165, 1.54) is 5.56 Å². The van der Waals surface area contributed by atoms with Gasteiger partial charge in [-0.05, 0) is 37.8 Å². The number of nitrogens with one attached hydrogen (secondary N) is 1. The highest BCUT2D eigenvalue weighted by Crippen LogP contribution is 2.32. The second kappa shape index (κ2) is 5.11. The Morgan fingerprint density at radius 2 is 2.00 bits per heavy atom. The summed E-state index contributed by atoms with van der Waals surface area (Å²) in [6, 6.07) is 10.8. The maximum absolute atomic E-state index is 12.5. The minimum atomic E-state index is 0.0642. The van der Waals surface area contributed by atoms with Crippen molar-refractivity contribution in [1.82, 2.24) is 10.2 Å². The largest absolute Gasteiger partial charge is 0.334 e. The molecule has 2 heterocycles. The van der Waals surface area contributed by atoms with Gasteiger partial charge >= 0.3 is 0 Å². The molecule has 2 aliphatic rings. The summed E-state index contributed by atoms with van der Waals surface area (Å²) in [4.78, 5) is 14.6. The van der Waals surface area contributed by atoms with Crippen molar-refractivity contribution in [2.75, 3.05) is 13.1 Å². The van der Waals surface area contributed by atoms with E-state index >= 15 is 0 Å². The van der Waals surface area contributed by atoms with Gasteiger partial charge in [0.05, 0.1) is 12.1 Å². The Hall–Kier alpha value is -1.35. The third kappa shape index (κ3) is 2.15. The van der Waals surface area contributed by atoms with Gasteiger partial charge in [0.15, 0.2) is 0 Å². The lowest BCUT2D eigenvalue weighted by molar-refractivity contribution is -0.134. The number of hydrogen-bond acceptors (Lipinski definition) is 2. The SMILES string of the molecule is O=C([C@H]1CCCN1)N1CCCC1c1ccccc1. The molecule has 0 saturated carbocycles. The number of likely N-dealkylation sites (tertiary alicyclic amines) is 1. The van der Waals surface area contributed by atoms with Gasteiger partial charge in [0, 0.05) is 6.54 Å². The van der Waals surface area contributed by atoms with Crippen molar-refractivity contribution >= 4 is 5.91 Å². The van der Waals surface area contributed by atoms with Gasteiger partial charge in [-0.2, -0.15) is 0 Å². The van der Waals surface area contributed by atoms with E-state index in [0.717, 1.165) is 38.8 Å². The van der Waals surface area contributed by atoms with Crippen LogP contribution in [0.2, 0.25) is 0 Å². The molecule has 2 atom stereocenters. The van der Waals surface area contributed by atoms with Crippen molar-refractivity contribution < 1.29 is 4.79 Å². The van der Waals surface area contributed by atoms with Crippen LogP contribution < -0.4 is 5.32 Å². The summed E-state index contributed by atoms with van der Waals surface area (Å²) in [5.74, 6) is 0.304. The van der Waals surface area contributed by atoms with Crippen LogP contribution in [0.4, 0.5) is 0 Å². The molecule has 3 heteroatoms. The first-order valence-corrected chi connectivity index (χ1v) is 6.95. The van der Waals surface area contributed by atoms with Crippen LogP contribution in [0.5, 0.6) is 0 Å². The molecule has 1 N–H and O–H groups in total. The van der Waals surface area contributed by atoms with Crippen molar-refractivity contribution in [3.63, 3.8) is 0 Å². The Morgan fingerprint density at radius 3 is 2.72 bits per heavy atom. The number of rotatable bonds is 2. The van der Waals surface area contributed by atoms with Crippen molar-refractivity contribution in [1.29, 1.82) is 0 Å². The first-order chi connectivity index (χ1) is 8.86. The quantitative estimate of drug-likeness (QED) is 0.864. The van der Waals surface area contributed by atoms with E-state index in [2.05, 4.69) is 34.5 Å². The van der Waals surface area contributed by atoms with Crippen LogP contribution in [-0.2, 0) is 4.79 Å².